The SMILES string of the molecule is COc1ccc(OC)c(NC(=O)CNc2ccccc2OC(C)C)c1. The number of methoxy groups -OCH3 is 2. The molecule has 0 spiro atoms. The van der Waals surface area contributed by atoms with Crippen LogP contribution in [0.4, 0.5) is 11.4 Å². The maximum atomic E-state index is 12.3. The Hall–Kier alpha value is -2.89. The first-order valence-electron chi connectivity index (χ1n) is 8.05. The van der Waals surface area contributed by atoms with E-state index in [1.807, 2.05) is 38.1 Å². The van der Waals surface area contributed by atoms with Gasteiger partial charge < -0.3 is 24.8 Å². The summed E-state index contributed by atoms with van der Waals surface area (Å²) in [5.41, 5.74) is 1.32. The average Bonchev–Trinajstić information content (AvgIpc) is 2.60. The number of benzene rings is 2. The highest BCUT2D eigenvalue weighted by molar-refractivity contribution is 5.95. The lowest BCUT2D eigenvalue weighted by molar-refractivity contribution is -0.114. The van der Waals surface area contributed by atoms with E-state index in [0.717, 1.165) is 5.69 Å². The molecule has 25 heavy (non-hydrogen) atoms. The van der Waals surface area contributed by atoms with Gasteiger partial charge in [0.05, 0.1) is 38.2 Å². The molecule has 0 aliphatic heterocycles. The molecule has 0 bridgehead atoms. The van der Waals surface area contributed by atoms with E-state index < -0.39 is 0 Å². The molecule has 2 N–H and O–H groups in total. The number of hydrogen-bond acceptors (Lipinski definition) is 5. The fraction of sp³-hybridized carbons (Fsp3) is 0.316. The summed E-state index contributed by atoms with van der Waals surface area (Å²) >= 11 is 0. The molecule has 0 saturated heterocycles. The van der Waals surface area contributed by atoms with Gasteiger partial charge in [0.2, 0.25) is 5.91 Å². The third-order valence-electron chi connectivity index (χ3n) is 3.37. The van der Waals surface area contributed by atoms with Gasteiger partial charge in [-0.3, -0.25) is 4.79 Å². The van der Waals surface area contributed by atoms with Gasteiger partial charge in [0.1, 0.15) is 17.2 Å². The zero-order valence-corrected chi connectivity index (χ0v) is 15.0. The van der Waals surface area contributed by atoms with Crippen LogP contribution in [0.1, 0.15) is 13.8 Å². The molecule has 0 heterocycles. The van der Waals surface area contributed by atoms with Crippen LogP contribution in [0, 0.1) is 0 Å². The van der Waals surface area contributed by atoms with Crippen LogP contribution in [0.25, 0.3) is 0 Å². The molecule has 0 radical (unpaired) electrons. The molecule has 0 aromatic heterocycles. The molecule has 0 fully saturated rings. The predicted octanol–water partition coefficient (Wildman–Crippen LogP) is 3.54. The summed E-state index contributed by atoms with van der Waals surface area (Å²) in [6.07, 6.45) is 0.0535. The summed E-state index contributed by atoms with van der Waals surface area (Å²) in [6, 6.07) is 12.7. The van der Waals surface area contributed by atoms with Crippen LogP contribution in [0.5, 0.6) is 17.2 Å². The average molecular weight is 344 g/mol. The first kappa shape index (κ1) is 18.4. The highest BCUT2D eigenvalue weighted by Gasteiger charge is 2.10. The van der Waals surface area contributed by atoms with Crippen molar-refractivity contribution in [3.8, 4) is 17.2 Å². The third-order valence-corrected chi connectivity index (χ3v) is 3.37. The zero-order valence-electron chi connectivity index (χ0n) is 15.0. The first-order chi connectivity index (χ1) is 12.0. The van der Waals surface area contributed by atoms with E-state index in [0.29, 0.717) is 22.9 Å². The summed E-state index contributed by atoms with van der Waals surface area (Å²) < 4.78 is 16.2. The second-order valence-corrected chi connectivity index (χ2v) is 5.63. The summed E-state index contributed by atoms with van der Waals surface area (Å²) in [7, 11) is 3.12. The number of amides is 1. The van der Waals surface area contributed by atoms with Crippen LogP contribution in [-0.2, 0) is 4.79 Å². The number of hydrogen-bond donors (Lipinski definition) is 2. The van der Waals surface area contributed by atoms with Crippen LogP contribution in [0.3, 0.4) is 0 Å². The lowest BCUT2D eigenvalue weighted by Gasteiger charge is -2.16. The van der Waals surface area contributed by atoms with E-state index >= 15 is 0 Å². The van der Waals surface area contributed by atoms with E-state index in [1.54, 1.807) is 32.4 Å². The van der Waals surface area contributed by atoms with E-state index in [1.165, 1.54) is 0 Å². The molecule has 0 saturated carbocycles. The van der Waals surface area contributed by atoms with Gasteiger partial charge >= 0.3 is 0 Å². The van der Waals surface area contributed by atoms with Crippen molar-refractivity contribution in [2.24, 2.45) is 0 Å². The van der Waals surface area contributed by atoms with Gasteiger partial charge in [-0.2, -0.15) is 0 Å². The van der Waals surface area contributed by atoms with Gasteiger partial charge in [-0.15, -0.1) is 0 Å². The summed E-state index contributed by atoms with van der Waals surface area (Å²) in [4.78, 5) is 12.3. The molecule has 134 valence electrons. The molecule has 6 nitrogen and oxygen atoms in total. The predicted molar refractivity (Wildman–Crippen MR) is 98.9 cm³/mol. The van der Waals surface area contributed by atoms with Crippen LogP contribution >= 0.6 is 0 Å². The standard InChI is InChI=1S/C19H24N2O4/c1-13(2)25-18-8-6-5-7-15(18)20-12-19(22)21-16-11-14(23-3)9-10-17(16)24-4/h5-11,13,20H,12H2,1-4H3,(H,21,22). The van der Waals surface area contributed by atoms with Gasteiger partial charge in [0.15, 0.2) is 0 Å². The van der Waals surface area contributed by atoms with Crippen molar-refractivity contribution in [1.29, 1.82) is 0 Å². The van der Waals surface area contributed by atoms with Gasteiger partial charge in [0, 0.05) is 6.07 Å². The first-order valence-corrected chi connectivity index (χ1v) is 8.05. The molecule has 1 amide bonds. The number of anilines is 2. The van der Waals surface area contributed by atoms with Gasteiger partial charge in [0.25, 0.3) is 0 Å². The molecule has 6 heteroatoms. The summed E-state index contributed by atoms with van der Waals surface area (Å²) in [6.45, 7) is 4.01. The minimum absolute atomic E-state index is 0.0535. The Bertz CT molecular complexity index is 716. The second kappa shape index (κ2) is 8.82. The van der Waals surface area contributed by atoms with Gasteiger partial charge in [-0.05, 0) is 38.1 Å². The third kappa shape index (κ3) is 5.31. The number of carbonyl (C=O) groups excluding carboxylic acids is 1. The van der Waals surface area contributed by atoms with E-state index in [2.05, 4.69) is 10.6 Å². The minimum Gasteiger partial charge on any atom is -0.497 e. The fourth-order valence-electron chi connectivity index (χ4n) is 2.25. The van der Waals surface area contributed by atoms with Crippen molar-refractivity contribution in [3.63, 3.8) is 0 Å². The normalized spacial score (nSPS) is 10.3. The second-order valence-electron chi connectivity index (χ2n) is 5.63. The summed E-state index contributed by atoms with van der Waals surface area (Å²) in [5, 5.41) is 5.92. The molecule has 0 aliphatic carbocycles. The topological polar surface area (TPSA) is 68.8 Å². The lowest BCUT2D eigenvalue weighted by Crippen LogP contribution is -2.22. The van der Waals surface area contributed by atoms with Crippen molar-refractivity contribution in [3.05, 3.63) is 42.5 Å². The number of carbonyl (C=O) groups is 1. The molecular formula is C19H24N2O4. The lowest BCUT2D eigenvalue weighted by atomic mass is 10.2. The highest BCUT2D eigenvalue weighted by atomic mass is 16.5. The van der Waals surface area contributed by atoms with Crippen molar-refractivity contribution >= 4 is 17.3 Å². The Kier molecular flexibility index (Phi) is 6.51. The molecular weight excluding hydrogens is 320 g/mol. The molecule has 0 atom stereocenters. The zero-order chi connectivity index (χ0) is 18.2. The quantitative estimate of drug-likeness (QED) is 0.766. The van der Waals surface area contributed by atoms with Crippen molar-refractivity contribution in [2.45, 2.75) is 20.0 Å². The monoisotopic (exact) mass is 344 g/mol. The van der Waals surface area contributed by atoms with Crippen LogP contribution in [0.2, 0.25) is 0 Å². The number of rotatable bonds is 8. The largest absolute Gasteiger partial charge is 0.497 e. The maximum Gasteiger partial charge on any atom is 0.243 e. The molecule has 0 unspecified atom stereocenters. The summed E-state index contributed by atoms with van der Waals surface area (Å²) in [5.74, 6) is 1.72. The Morgan fingerprint density at radius 1 is 1.00 bits per heavy atom. The van der Waals surface area contributed by atoms with Crippen molar-refractivity contribution in [2.75, 3.05) is 31.4 Å². The van der Waals surface area contributed by atoms with E-state index in [-0.39, 0.29) is 18.6 Å². The number of ether oxygens (including phenoxy) is 3. The van der Waals surface area contributed by atoms with Crippen LogP contribution in [-0.4, -0.2) is 32.8 Å². The Balaban J connectivity index is 2.02. The molecule has 2 aromatic carbocycles. The fourth-order valence-corrected chi connectivity index (χ4v) is 2.25. The smallest absolute Gasteiger partial charge is 0.243 e. The number of para-hydroxylation sites is 2. The molecule has 2 aromatic rings. The molecule has 0 aliphatic rings. The highest BCUT2D eigenvalue weighted by Crippen LogP contribution is 2.29. The van der Waals surface area contributed by atoms with Crippen molar-refractivity contribution < 1.29 is 19.0 Å². The van der Waals surface area contributed by atoms with E-state index in [4.69, 9.17) is 14.2 Å². The maximum absolute atomic E-state index is 12.3. The van der Waals surface area contributed by atoms with Crippen molar-refractivity contribution in [1.82, 2.24) is 0 Å². The van der Waals surface area contributed by atoms with Crippen LogP contribution < -0.4 is 24.8 Å². The number of nitrogens with one attached hydrogen (secondary N) is 2. The Morgan fingerprint density at radius 2 is 1.76 bits per heavy atom. The van der Waals surface area contributed by atoms with Gasteiger partial charge in [-0.1, -0.05) is 12.1 Å². The minimum atomic E-state index is -0.203. The van der Waals surface area contributed by atoms with Crippen LogP contribution in [0.15, 0.2) is 42.5 Å². The Morgan fingerprint density at radius 3 is 2.44 bits per heavy atom. The van der Waals surface area contributed by atoms with Gasteiger partial charge in [-0.25, -0.2) is 0 Å². The molecule has 2 rings (SSSR count). The Labute approximate surface area is 148 Å². The van der Waals surface area contributed by atoms with E-state index in [9.17, 15) is 4.79 Å².